The molecule has 0 saturated heterocycles. The smallest absolute Gasteiger partial charge is 0.331 e. The number of esters is 1. The third-order valence-corrected chi connectivity index (χ3v) is 3.17. The molecule has 8 heteroatoms. The van der Waals surface area contributed by atoms with Crippen molar-refractivity contribution in [2.24, 2.45) is 0 Å². The summed E-state index contributed by atoms with van der Waals surface area (Å²) in [5.41, 5.74) is 10.8. The van der Waals surface area contributed by atoms with Crippen LogP contribution in [0, 0.1) is 6.92 Å². The number of hydrogen-bond donors (Lipinski definition) is 2. The first-order valence-corrected chi connectivity index (χ1v) is 6.52. The fourth-order valence-corrected chi connectivity index (χ4v) is 2.18. The maximum absolute atomic E-state index is 11.5. The van der Waals surface area contributed by atoms with Crippen molar-refractivity contribution in [1.82, 2.24) is 15.0 Å². The zero-order valence-corrected chi connectivity index (χ0v) is 11.6. The molecule has 0 unspecified atom stereocenters. The monoisotopic (exact) mass is 291 g/mol. The molecule has 2 heterocycles. The van der Waals surface area contributed by atoms with E-state index in [1.165, 1.54) is 11.0 Å². The molecule has 104 valence electrons. The van der Waals surface area contributed by atoms with Gasteiger partial charge in [-0.25, -0.2) is 4.79 Å². The minimum absolute atomic E-state index is 0.00634. The highest BCUT2D eigenvalue weighted by Crippen LogP contribution is 2.16. The van der Waals surface area contributed by atoms with Gasteiger partial charge in [0.2, 0.25) is 11.9 Å². The van der Waals surface area contributed by atoms with E-state index in [0.717, 1.165) is 4.88 Å². The molecule has 0 aliphatic heterocycles. The Morgan fingerprint density at radius 1 is 1.30 bits per heavy atom. The lowest BCUT2D eigenvalue weighted by Crippen LogP contribution is -2.09. The van der Waals surface area contributed by atoms with Crippen molar-refractivity contribution in [3.8, 4) is 0 Å². The van der Waals surface area contributed by atoms with Crippen LogP contribution < -0.4 is 11.5 Å². The van der Waals surface area contributed by atoms with Crippen molar-refractivity contribution in [2.75, 3.05) is 11.5 Å². The van der Waals surface area contributed by atoms with E-state index >= 15 is 0 Å². The van der Waals surface area contributed by atoms with Gasteiger partial charge in [-0.1, -0.05) is 0 Å². The number of carbonyl (C=O) groups is 1. The number of anilines is 2. The summed E-state index contributed by atoms with van der Waals surface area (Å²) in [5.74, 6) is -0.293. The lowest BCUT2D eigenvalue weighted by Gasteiger charge is -2.02. The molecule has 0 radical (unpaired) electrons. The molecule has 0 amide bonds. The van der Waals surface area contributed by atoms with Crippen LogP contribution in [0.25, 0.3) is 6.08 Å². The molecule has 0 atom stereocenters. The highest BCUT2D eigenvalue weighted by molar-refractivity contribution is 7.12. The van der Waals surface area contributed by atoms with Gasteiger partial charge in [-0.3, -0.25) is 0 Å². The van der Waals surface area contributed by atoms with Crippen molar-refractivity contribution in [1.29, 1.82) is 0 Å². The van der Waals surface area contributed by atoms with Crippen LogP contribution in [0.15, 0.2) is 18.2 Å². The van der Waals surface area contributed by atoms with Crippen LogP contribution in [-0.2, 0) is 16.1 Å². The summed E-state index contributed by atoms with van der Waals surface area (Å²) >= 11 is 1.59. The molecule has 0 aliphatic rings. The van der Waals surface area contributed by atoms with Crippen LogP contribution in [0.4, 0.5) is 11.9 Å². The van der Waals surface area contributed by atoms with E-state index < -0.39 is 5.97 Å². The number of carbonyl (C=O) groups excluding carboxylic acids is 1. The van der Waals surface area contributed by atoms with E-state index in [-0.39, 0.29) is 24.3 Å². The normalized spacial score (nSPS) is 10.8. The quantitative estimate of drug-likeness (QED) is 0.641. The molecule has 2 rings (SSSR count). The van der Waals surface area contributed by atoms with Gasteiger partial charge in [0, 0.05) is 15.8 Å². The number of nitrogen functional groups attached to an aromatic ring is 2. The molecule has 0 aromatic carbocycles. The van der Waals surface area contributed by atoms with Gasteiger partial charge in [0.1, 0.15) is 0 Å². The lowest BCUT2D eigenvalue weighted by molar-refractivity contribution is -0.139. The number of hydrogen-bond acceptors (Lipinski definition) is 8. The molecule has 0 saturated carbocycles. The Morgan fingerprint density at radius 2 is 2.00 bits per heavy atom. The third kappa shape index (κ3) is 4.02. The molecule has 2 aromatic rings. The Labute approximate surface area is 119 Å². The van der Waals surface area contributed by atoms with Gasteiger partial charge in [0.05, 0.1) is 0 Å². The minimum Gasteiger partial charge on any atom is -0.454 e. The van der Waals surface area contributed by atoms with Gasteiger partial charge < -0.3 is 16.2 Å². The molecular formula is C12H13N5O2S. The average Bonchev–Trinajstić information content (AvgIpc) is 2.79. The lowest BCUT2D eigenvalue weighted by atomic mass is 10.4. The summed E-state index contributed by atoms with van der Waals surface area (Å²) in [5, 5.41) is 0. The SMILES string of the molecule is Cc1ccc(/C=C/C(=O)OCc2nc(N)nc(N)n2)s1. The fraction of sp³-hybridized carbons (Fsp3) is 0.167. The zero-order valence-electron chi connectivity index (χ0n) is 10.7. The highest BCUT2D eigenvalue weighted by Gasteiger charge is 2.05. The fourth-order valence-electron chi connectivity index (χ4n) is 1.40. The number of thiophene rings is 1. The second-order valence-corrected chi connectivity index (χ2v) is 5.18. The molecule has 2 aromatic heterocycles. The molecule has 4 N–H and O–H groups in total. The molecular weight excluding hydrogens is 278 g/mol. The van der Waals surface area contributed by atoms with Crippen LogP contribution >= 0.6 is 11.3 Å². The first-order valence-electron chi connectivity index (χ1n) is 5.70. The Kier molecular flexibility index (Phi) is 4.26. The molecule has 7 nitrogen and oxygen atoms in total. The van der Waals surface area contributed by atoms with E-state index in [9.17, 15) is 4.79 Å². The van der Waals surface area contributed by atoms with Crippen LogP contribution in [0.2, 0.25) is 0 Å². The average molecular weight is 291 g/mol. The van der Waals surface area contributed by atoms with Crippen molar-refractivity contribution in [2.45, 2.75) is 13.5 Å². The molecule has 20 heavy (non-hydrogen) atoms. The first kappa shape index (κ1) is 13.9. The van der Waals surface area contributed by atoms with Gasteiger partial charge in [0.25, 0.3) is 0 Å². The predicted molar refractivity (Wildman–Crippen MR) is 76.5 cm³/mol. The standard InChI is InChI=1S/C12H13N5O2S/c1-7-2-3-8(20-7)4-5-10(18)19-6-9-15-11(13)17-12(14)16-9/h2-5H,6H2,1H3,(H4,13,14,15,16,17)/b5-4+. The Morgan fingerprint density at radius 3 is 2.60 bits per heavy atom. The van der Waals surface area contributed by atoms with Crippen LogP contribution in [0.1, 0.15) is 15.6 Å². The van der Waals surface area contributed by atoms with Crippen LogP contribution in [0.5, 0.6) is 0 Å². The summed E-state index contributed by atoms with van der Waals surface area (Å²) in [4.78, 5) is 24.9. The topological polar surface area (TPSA) is 117 Å². The Hall–Kier alpha value is -2.48. The Bertz CT molecular complexity index is 633. The number of aromatic nitrogens is 3. The summed E-state index contributed by atoms with van der Waals surface area (Å²) in [6, 6.07) is 3.91. The number of nitrogens with zero attached hydrogens (tertiary/aromatic N) is 3. The second kappa shape index (κ2) is 6.11. The van der Waals surface area contributed by atoms with E-state index in [1.807, 2.05) is 19.1 Å². The third-order valence-electron chi connectivity index (χ3n) is 2.20. The zero-order chi connectivity index (χ0) is 14.5. The van der Waals surface area contributed by atoms with Crippen molar-refractivity contribution in [3.05, 3.63) is 33.8 Å². The highest BCUT2D eigenvalue weighted by atomic mass is 32.1. The van der Waals surface area contributed by atoms with Crippen LogP contribution in [-0.4, -0.2) is 20.9 Å². The van der Waals surface area contributed by atoms with Gasteiger partial charge >= 0.3 is 5.97 Å². The molecule has 0 bridgehead atoms. The molecule has 0 aliphatic carbocycles. The van der Waals surface area contributed by atoms with E-state index in [4.69, 9.17) is 16.2 Å². The van der Waals surface area contributed by atoms with E-state index in [1.54, 1.807) is 17.4 Å². The van der Waals surface area contributed by atoms with Crippen LogP contribution in [0.3, 0.4) is 0 Å². The summed E-state index contributed by atoms with van der Waals surface area (Å²) < 4.78 is 4.98. The largest absolute Gasteiger partial charge is 0.454 e. The number of rotatable bonds is 4. The predicted octanol–water partition coefficient (Wildman–Crippen LogP) is 1.16. The second-order valence-electron chi connectivity index (χ2n) is 3.86. The maximum Gasteiger partial charge on any atom is 0.331 e. The van der Waals surface area contributed by atoms with Crippen molar-refractivity contribution >= 4 is 35.3 Å². The van der Waals surface area contributed by atoms with Gasteiger partial charge in [-0.15, -0.1) is 11.3 Å². The van der Waals surface area contributed by atoms with Crippen molar-refractivity contribution < 1.29 is 9.53 Å². The van der Waals surface area contributed by atoms with Gasteiger partial charge in [-0.2, -0.15) is 15.0 Å². The van der Waals surface area contributed by atoms with Crippen molar-refractivity contribution in [3.63, 3.8) is 0 Å². The number of ether oxygens (including phenoxy) is 1. The molecule has 0 fully saturated rings. The maximum atomic E-state index is 11.5. The number of aryl methyl sites for hydroxylation is 1. The summed E-state index contributed by atoms with van der Waals surface area (Å²) in [6.07, 6.45) is 3.04. The van der Waals surface area contributed by atoms with E-state index in [0.29, 0.717) is 0 Å². The minimum atomic E-state index is -0.492. The number of nitrogens with two attached hydrogens (primary N) is 2. The Balaban J connectivity index is 1.90. The summed E-state index contributed by atoms with van der Waals surface area (Å²) in [7, 11) is 0. The van der Waals surface area contributed by atoms with Gasteiger partial charge in [-0.05, 0) is 25.1 Å². The van der Waals surface area contributed by atoms with Gasteiger partial charge in [0.15, 0.2) is 12.4 Å². The van der Waals surface area contributed by atoms with E-state index in [2.05, 4.69) is 15.0 Å². The summed E-state index contributed by atoms with van der Waals surface area (Å²) in [6.45, 7) is 1.89. The molecule has 0 spiro atoms. The first-order chi connectivity index (χ1) is 9.52.